The Bertz CT molecular complexity index is 524. The highest BCUT2D eigenvalue weighted by atomic mass is 19.3. The molecule has 1 heterocycles. The molecule has 0 saturated carbocycles. The summed E-state index contributed by atoms with van der Waals surface area (Å²) in [6.45, 7) is 0. The van der Waals surface area contributed by atoms with Gasteiger partial charge >= 0.3 is 0 Å². The molecular weight excluding hydrogens is 208 g/mol. The summed E-state index contributed by atoms with van der Waals surface area (Å²) in [5, 5.41) is 10.4. The van der Waals surface area contributed by atoms with Gasteiger partial charge in [-0.25, -0.2) is 13.8 Å². The molecule has 2 aromatic rings. The predicted octanol–water partition coefficient (Wildman–Crippen LogP) is 2.41. The number of aromatic amines is 1. The maximum atomic E-state index is 12.2. The van der Waals surface area contributed by atoms with Crippen molar-refractivity contribution < 1.29 is 13.7 Å². The van der Waals surface area contributed by atoms with E-state index in [1.807, 2.05) is 0 Å². The van der Waals surface area contributed by atoms with Crippen LogP contribution >= 0.6 is 0 Å². The van der Waals surface area contributed by atoms with E-state index in [4.69, 9.17) is 0 Å². The molecule has 0 bridgehead atoms. The van der Waals surface area contributed by atoms with Crippen LogP contribution in [0.4, 0.5) is 14.5 Å². The first kappa shape index (κ1) is 9.50. The Morgan fingerprint density at radius 1 is 1.47 bits per heavy atom. The van der Waals surface area contributed by atoms with Crippen LogP contribution < -0.4 is 0 Å². The number of nitro groups is 1. The van der Waals surface area contributed by atoms with Gasteiger partial charge in [0, 0.05) is 12.1 Å². The minimum atomic E-state index is -2.71. The van der Waals surface area contributed by atoms with Crippen LogP contribution in [0.5, 0.6) is 0 Å². The summed E-state index contributed by atoms with van der Waals surface area (Å²) in [6, 6.07) is 3.72. The molecule has 1 aromatic carbocycles. The Labute approximate surface area is 81.9 Å². The number of rotatable bonds is 2. The molecule has 0 aliphatic carbocycles. The molecule has 1 aromatic heterocycles. The van der Waals surface area contributed by atoms with Crippen LogP contribution in [0.3, 0.4) is 0 Å². The Morgan fingerprint density at radius 3 is 2.80 bits per heavy atom. The summed E-state index contributed by atoms with van der Waals surface area (Å²) < 4.78 is 24.5. The molecule has 0 unspecified atom stereocenters. The molecule has 15 heavy (non-hydrogen) atoms. The third-order valence-electron chi connectivity index (χ3n) is 1.90. The number of aromatic nitrogens is 2. The van der Waals surface area contributed by atoms with Gasteiger partial charge in [-0.1, -0.05) is 0 Å². The van der Waals surface area contributed by atoms with Crippen molar-refractivity contribution in [1.29, 1.82) is 0 Å². The number of benzene rings is 1. The maximum Gasteiger partial charge on any atom is 0.295 e. The third kappa shape index (κ3) is 1.63. The summed E-state index contributed by atoms with van der Waals surface area (Å²) >= 11 is 0. The van der Waals surface area contributed by atoms with E-state index in [9.17, 15) is 18.9 Å². The van der Waals surface area contributed by atoms with Crippen LogP contribution in [0.25, 0.3) is 11.0 Å². The molecule has 78 valence electrons. The first-order valence-electron chi connectivity index (χ1n) is 4.00. The van der Waals surface area contributed by atoms with E-state index in [1.165, 1.54) is 18.2 Å². The summed E-state index contributed by atoms with van der Waals surface area (Å²) in [5.41, 5.74) is 0.363. The summed E-state index contributed by atoms with van der Waals surface area (Å²) in [5.74, 6) is -0.481. The van der Waals surface area contributed by atoms with E-state index in [1.54, 1.807) is 0 Å². The largest absolute Gasteiger partial charge is 0.337 e. The summed E-state index contributed by atoms with van der Waals surface area (Å²) in [7, 11) is 0. The first-order valence-corrected chi connectivity index (χ1v) is 4.00. The zero-order valence-electron chi connectivity index (χ0n) is 7.28. The molecule has 0 aliphatic rings. The molecule has 0 fully saturated rings. The van der Waals surface area contributed by atoms with Gasteiger partial charge in [0.1, 0.15) is 0 Å². The van der Waals surface area contributed by atoms with Gasteiger partial charge in [-0.15, -0.1) is 0 Å². The van der Waals surface area contributed by atoms with Gasteiger partial charge in [-0.05, 0) is 6.07 Å². The van der Waals surface area contributed by atoms with Gasteiger partial charge in [0.25, 0.3) is 12.1 Å². The number of halogens is 2. The van der Waals surface area contributed by atoms with Crippen molar-refractivity contribution in [2.24, 2.45) is 0 Å². The average Bonchev–Trinajstić information content (AvgIpc) is 2.59. The second-order valence-corrected chi connectivity index (χ2v) is 2.88. The third-order valence-corrected chi connectivity index (χ3v) is 1.90. The van der Waals surface area contributed by atoms with Crippen LogP contribution in [0.15, 0.2) is 18.2 Å². The molecular formula is C8H5F2N3O2. The second kappa shape index (κ2) is 3.26. The second-order valence-electron chi connectivity index (χ2n) is 2.88. The number of non-ortho nitro benzene ring substituents is 1. The number of imidazole rings is 1. The van der Waals surface area contributed by atoms with Crippen molar-refractivity contribution in [2.45, 2.75) is 6.43 Å². The molecule has 0 amide bonds. The van der Waals surface area contributed by atoms with E-state index in [-0.39, 0.29) is 16.7 Å². The number of H-pyrrole nitrogens is 1. The lowest BCUT2D eigenvalue weighted by molar-refractivity contribution is -0.384. The minimum Gasteiger partial charge on any atom is -0.337 e. The van der Waals surface area contributed by atoms with Gasteiger partial charge in [0.05, 0.1) is 16.0 Å². The first-order chi connectivity index (χ1) is 7.08. The predicted molar refractivity (Wildman–Crippen MR) is 47.7 cm³/mol. The Kier molecular flexibility index (Phi) is 2.07. The lowest BCUT2D eigenvalue weighted by Gasteiger charge is -1.89. The SMILES string of the molecule is O=[N+]([O-])c1ccc2nc(C(F)F)[nH]c2c1. The zero-order valence-corrected chi connectivity index (χ0v) is 7.28. The number of nitrogens with zero attached hydrogens (tertiary/aromatic N) is 2. The van der Waals surface area contributed by atoms with Gasteiger partial charge in [-0.2, -0.15) is 0 Å². The number of nitro benzene ring substituents is 1. The highest BCUT2D eigenvalue weighted by Gasteiger charge is 2.14. The molecule has 0 aliphatic heterocycles. The Morgan fingerprint density at radius 2 is 2.20 bits per heavy atom. The quantitative estimate of drug-likeness (QED) is 0.614. The highest BCUT2D eigenvalue weighted by molar-refractivity contribution is 5.77. The van der Waals surface area contributed by atoms with Gasteiger partial charge in [0.15, 0.2) is 5.82 Å². The lowest BCUT2D eigenvalue weighted by atomic mass is 10.3. The molecule has 0 spiro atoms. The van der Waals surface area contributed by atoms with Crippen molar-refractivity contribution in [2.75, 3.05) is 0 Å². The van der Waals surface area contributed by atoms with Gasteiger partial charge in [0.2, 0.25) is 0 Å². The van der Waals surface area contributed by atoms with Crippen LogP contribution in [0.1, 0.15) is 12.2 Å². The van der Waals surface area contributed by atoms with E-state index < -0.39 is 17.2 Å². The summed E-state index contributed by atoms with van der Waals surface area (Å²) in [4.78, 5) is 15.7. The average molecular weight is 213 g/mol. The van der Waals surface area contributed by atoms with Crippen LogP contribution in [0.2, 0.25) is 0 Å². The Hall–Kier alpha value is -2.05. The minimum absolute atomic E-state index is 0.160. The topological polar surface area (TPSA) is 71.8 Å². The van der Waals surface area contributed by atoms with Gasteiger partial charge in [-0.3, -0.25) is 10.1 Å². The monoisotopic (exact) mass is 213 g/mol. The molecule has 5 nitrogen and oxygen atoms in total. The zero-order chi connectivity index (χ0) is 11.0. The number of nitrogens with one attached hydrogen (secondary N) is 1. The fraction of sp³-hybridized carbons (Fsp3) is 0.125. The standard InChI is InChI=1S/C8H5F2N3O2/c9-7(10)8-11-5-2-1-4(13(14)15)3-6(5)12-8/h1-3,7H,(H,11,12). The van der Waals surface area contributed by atoms with Crippen molar-refractivity contribution in [3.05, 3.63) is 34.1 Å². The van der Waals surface area contributed by atoms with Crippen LogP contribution in [-0.4, -0.2) is 14.9 Å². The van der Waals surface area contributed by atoms with Crippen LogP contribution in [-0.2, 0) is 0 Å². The molecule has 0 radical (unpaired) electrons. The van der Waals surface area contributed by atoms with E-state index in [2.05, 4.69) is 9.97 Å². The molecule has 0 atom stereocenters. The highest BCUT2D eigenvalue weighted by Crippen LogP contribution is 2.22. The fourth-order valence-electron chi connectivity index (χ4n) is 1.23. The van der Waals surface area contributed by atoms with Crippen molar-refractivity contribution in [3.63, 3.8) is 0 Å². The maximum absolute atomic E-state index is 12.2. The van der Waals surface area contributed by atoms with Crippen molar-refractivity contribution in [3.8, 4) is 0 Å². The van der Waals surface area contributed by atoms with Crippen LogP contribution in [0, 0.1) is 10.1 Å². The number of hydrogen-bond donors (Lipinski definition) is 1. The van der Waals surface area contributed by atoms with Crippen molar-refractivity contribution in [1.82, 2.24) is 9.97 Å². The molecule has 2 rings (SSSR count). The normalized spacial score (nSPS) is 11.1. The molecule has 1 N–H and O–H groups in total. The van der Waals surface area contributed by atoms with Gasteiger partial charge < -0.3 is 4.98 Å². The number of fused-ring (bicyclic) bond motifs is 1. The van der Waals surface area contributed by atoms with E-state index in [0.717, 1.165) is 0 Å². The number of hydrogen-bond acceptors (Lipinski definition) is 3. The summed E-state index contributed by atoms with van der Waals surface area (Å²) in [6.07, 6.45) is -2.71. The molecule has 7 heteroatoms. The number of alkyl halides is 2. The molecule has 0 saturated heterocycles. The van der Waals surface area contributed by atoms with Crippen molar-refractivity contribution >= 4 is 16.7 Å². The Balaban J connectivity index is 2.57. The van der Waals surface area contributed by atoms with E-state index >= 15 is 0 Å². The lowest BCUT2D eigenvalue weighted by Crippen LogP contribution is -1.86. The van der Waals surface area contributed by atoms with E-state index in [0.29, 0.717) is 0 Å². The fourth-order valence-corrected chi connectivity index (χ4v) is 1.23. The smallest absolute Gasteiger partial charge is 0.295 e.